The maximum atomic E-state index is 12.7. The van der Waals surface area contributed by atoms with Crippen LogP contribution in [-0.2, 0) is 0 Å². The second-order valence-electron chi connectivity index (χ2n) is 5.48. The Kier molecular flexibility index (Phi) is 4.32. The van der Waals surface area contributed by atoms with E-state index in [-0.39, 0.29) is 5.91 Å². The summed E-state index contributed by atoms with van der Waals surface area (Å²) in [5.41, 5.74) is 0.700. The van der Waals surface area contributed by atoms with Crippen molar-refractivity contribution in [3.8, 4) is 17.2 Å². The van der Waals surface area contributed by atoms with Crippen LogP contribution < -0.4 is 14.8 Å². The number of amides is 1. The number of aromatic nitrogens is 5. The van der Waals surface area contributed by atoms with Crippen LogP contribution in [0.5, 0.6) is 17.2 Å². The minimum Gasteiger partial charge on any atom is -0.495 e. The maximum absolute atomic E-state index is 12.7. The van der Waals surface area contributed by atoms with Crippen LogP contribution in [0.3, 0.4) is 0 Å². The van der Waals surface area contributed by atoms with Crippen molar-refractivity contribution in [3.63, 3.8) is 0 Å². The number of ether oxygens (including phenoxy) is 2. The van der Waals surface area contributed by atoms with E-state index in [1.807, 2.05) is 0 Å². The molecule has 9 nitrogen and oxygen atoms in total. The van der Waals surface area contributed by atoms with Crippen LogP contribution in [0, 0.1) is 0 Å². The monoisotopic (exact) mass is 362 g/mol. The summed E-state index contributed by atoms with van der Waals surface area (Å²) in [4.78, 5) is 20.9. The van der Waals surface area contributed by atoms with E-state index in [4.69, 9.17) is 9.47 Å². The molecule has 9 heteroatoms. The van der Waals surface area contributed by atoms with Gasteiger partial charge in [-0.3, -0.25) is 14.2 Å². The van der Waals surface area contributed by atoms with Gasteiger partial charge in [-0.1, -0.05) is 6.07 Å². The van der Waals surface area contributed by atoms with Gasteiger partial charge in [0.05, 0.1) is 31.3 Å². The molecule has 4 rings (SSSR count). The molecule has 0 fully saturated rings. The molecule has 4 aromatic rings. The molecule has 134 valence electrons. The van der Waals surface area contributed by atoms with Gasteiger partial charge in [-0.25, -0.2) is 4.98 Å². The Bertz CT molecular complexity index is 1100. The molecule has 0 spiro atoms. The fraction of sp³-hybridized carbons (Fsp3) is 0.0556. The summed E-state index contributed by atoms with van der Waals surface area (Å²) in [6.07, 6.45) is 7.88. The largest absolute Gasteiger partial charge is 0.495 e. The van der Waals surface area contributed by atoms with E-state index in [1.165, 1.54) is 6.33 Å². The molecule has 0 bridgehead atoms. The highest BCUT2D eigenvalue weighted by Gasteiger charge is 2.16. The Morgan fingerprint density at radius 3 is 2.85 bits per heavy atom. The smallest absolute Gasteiger partial charge is 0.260 e. The molecule has 0 atom stereocenters. The number of fused-ring (bicyclic) bond motifs is 1. The van der Waals surface area contributed by atoms with Gasteiger partial charge in [0, 0.05) is 12.3 Å². The van der Waals surface area contributed by atoms with Gasteiger partial charge in [0.1, 0.15) is 29.4 Å². The molecule has 0 radical (unpaired) electrons. The normalized spacial score (nSPS) is 10.6. The highest BCUT2D eigenvalue weighted by molar-refractivity contribution is 6.08. The molecule has 0 aliphatic heterocycles. The number of hydrogen-bond donors (Lipinski definition) is 1. The summed E-state index contributed by atoms with van der Waals surface area (Å²) in [5.74, 6) is 1.51. The molecular weight excluding hydrogens is 348 g/mol. The number of carbonyl (C=O) groups excluding carboxylic acids is 1. The first-order valence-electron chi connectivity index (χ1n) is 7.95. The van der Waals surface area contributed by atoms with Crippen LogP contribution >= 0.6 is 0 Å². The molecule has 0 saturated heterocycles. The molecule has 1 N–H and O–H groups in total. The quantitative estimate of drug-likeness (QED) is 0.582. The Morgan fingerprint density at radius 2 is 2.04 bits per heavy atom. The van der Waals surface area contributed by atoms with Gasteiger partial charge in [-0.15, -0.1) is 10.2 Å². The van der Waals surface area contributed by atoms with Gasteiger partial charge in [-0.05, 0) is 18.2 Å². The molecule has 1 amide bonds. The number of anilines is 1. The molecule has 0 unspecified atom stereocenters. The predicted molar refractivity (Wildman–Crippen MR) is 96.0 cm³/mol. The highest BCUT2D eigenvalue weighted by atomic mass is 16.5. The van der Waals surface area contributed by atoms with E-state index >= 15 is 0 Å². The van der Waals surface area contributed by atoms with E-state index in [2.05, 4.69) is 25.5 Å². The Labute approximate surface area is 153 Å². The number of rotatable bonds is 5. The van der Waals surface area contributed by atoms with Crippen LogP contribution in [-0.4, -0.2) is 37.6 Å². The Balaban J connectivity index is 1.68. The molecule has 4 aromatic heterocycles. The second kappa shape index (κ2) is 7.08. The topological polar surface area (TPSA) is 104 Å². The first kappa shape index (κ1) is 16.5. The van der Waals surface area contributed by atoms with Gasteiger partial charge in [-0.2, -0.15) is 0 Å². The van der Waals surface area contributed by atoms with Crippen molar-refractivity contribution in [2.75, 3.05) is 12.4 Å². The highest BCUT2D eigenvalue weighted by Crippen LogP contribution is 2.26. The van der Waals surface area contributed by atoms with Crippen LogP contribution in [0.4, 0.5) is 5.82 Å². The molecule has 0 aliphatic carbocycles. The third kappa shape index (κ3) is 3.52. The standard InChI is InChI=1S/C18H14N6O3/c1-26-12-6-13(9-19-8-12)27-14-7-15(17-23-21-11-24(17)10-14)18(25)22-16-4-2-3-5-20-16/h2-11H,1H3,(H,20,22,25). The number of hydrogen-bond acceptors (Lipinski definition) is 7. The van der Waals surface area contributed by atoms with Crippen molar-refractivity contribution in [1.82, 2.24) is 24.6 Å². The van der Waals surface area contributed by atoms with E-state index < -0.39 is 0 Å². The average Bonchev–Trinajstić information content (AvgIpc) is 3.17. The van der Waals surface area contributed by atoms with Crippen LogP contribution in [0.25, 0.3) is 5.65 Å². The van der Waals surface area contributed by atoms with Crippen LogP contribution in [0.1, 0.15) is 10.4 Å². The van der Waals surface area contributed by atoms with Gasteiger partial charge in [0.15, 0.2) is 5.65 Å². The van der Waals surface area contributed by atoms with Gasteiger partial charge < -0.3 is 14.8 Å². The molecule has 0 aromatic carbocycles. The average molecular weight is 362 g/mol. The zero-order valence-electron chi connectivity index (χ0n) is 14.2. The van der Waals surface area contributed by atoms with Gasteiger partial charge in [0.2, 0.25) is 0 Å². The number of nitrogens with one attached hydrogen (secondary N) is 1. The first-order valence-corrected chi connectivity index (χ1v) is 7.95. The molecule has 0 saturated carbocycles. The Morgan fingerprint density at radius 1 is 1.15 bits per heavy atom. The number of pyridine rings is 3. The third-order valence-corrected chi connectivity index (χ3v) is 3.68. The lowest BCUT2D eigenvalue weighted by Crippen LogP contribution is -2.14. The number of nitrogens with zero attached hydrogens (tertiary/aromatic N) is 5. The summed E-state index contributed by atoms with van der Waals surface area (Å²) < 4.78 is 12.6. The summed E-state index contributed by atoms with van der Waals surface area (Å²) in [6.45, 7) is 0. The van der Waals surface area contributed by atoms with Gasteiger partial charge in [0.25, 0.3) is 5.91 Å². The fourth-order valence-electron chi connectivity index (χ4n) is 2.46. The van der Waals surface area contributed by atoms with Crippen molar-refractivity contribution in [3.05, 3.63) is 67.0 Å². The molecular formula is C18H14N6O3. The lowest BCUT2D eigenvalue weighted by molar-refractivity contribution is 0.102. The lowest BCUT2D eigenvalue weighted by atomic mass is 10.2. The molecule has 27 heavy (non-hydrogen) atoms. The minimum absolute atomic E-state index is 0.298. The van der Waals surface area contributed by atoms with Crippen molar-refractivity contribution in [2.45, 2.75) is 0 Å². The Hall–Kier alpha value is -4.01. The lowest BCUT2D eigenvalue weighted by Gasteiger charge is -2.10. The van der Waals surface area contributed by atoms with Gasteiger partial charge >= 0.3 is 0 Å². The third-order valence-electron chi connectivity index (χ3n) is 3.68. The van der Waals surface area contributed by atoms with E-state index in [0.717, 1.165) is 0 Å². The number of methoxy groups -OCH3 is 1. The first-order chi connectivity index (χ1) is 13.2. The second-order valence-corrected chi connectivity index (χ2v) is 5.48. The zero-order chi connectivity index (χ0) is 18.6. The summed E-state index contributed by atoms with van der Waals surface area (Å²) >= 11 is 0. The summed E-state index contributed by atoms with van der Waals surface area (Å²) in [5, 5.41) is 10.6. The van der Waals surface area contributed by atoms with E-state index in [1.54, 1.807) is 66.6 Å². The van der Waals surface area contributed by atoms with Crippen molar-refractivity contribution in [1.29, 1.82) is 0 Å². The summed E-state index contributed by atoms with van der Waals surface area (Å²) in [6, 6.07) is 8.52. The minimum atomic E-state index is -0.374. The van der Waals surface area contributed by atoms with Crippen molar-refractivity contribution >= 4 is 17.4 Å². The fourth-order valence-corrected chi connectivity index (χ4v) is 2.46. The predicted octanol–water partition coefficient (Wildman–Crippen LogP) is 2.57. The van der Waals surface area contributed by atoms with Crippen molar-refractivity contribution in [2.24, 2.45) is 0 Å². The summed E-state index contributed by atoms with van der Waals surface area (Å²) in [7, 11) is 1.55. The molecule has 0 aliphatic rings. The zero-order valence-corrected chi connectivity index (χ0v) is 14.2. The van der Waals surface area contributed by atoms with Crippen LogP contribution in [0.2, 0.25) is 0 Å². The maximum Gasteiger partial charge on any atom is 0.260 e. The van der Waals surface area contributed by atoms with Crippen molar-refractivity contribution < 1.29 is 14.3 Å². The van der Waals surface area contributed by atoms with E-state index in [0.29, 0.717) is 34.3 Å². The van der Waals surface area contributed by atoms with E-state index in [9.17, 15) is 4.79 Å². The SMILES string of the molecule is COc1cncc(Oc2cc(C(=O)Nc3ccccn3)c3nncn3c2)c1. The number of carbonyl (C=O) groups is 1. The molecule has 4 heterocycles. The van der Waals surface area contributed by atoms with Crippen LogP contribution in [0.15, 0.2) is 61.4 Å².